The zero-order valence-corrected chi connectivity index (χ0v) is 13.0. The Labute approximate surface area is 135 Å². The van der Waals surface area contributed by atoms with Crippen molar-refractivity contribution in [2.24, 2.45) is 0 Å². The predicted molar refractivity (Wildman–Crippen MR) is 90.2 cm³/mol. The fraction of sp³-hybridized carbons (Fsp3) is 0.158. The van der Waals surface area contributed by atoms with Crippen LogP contribution in [0, 0.1) is 0 Å². The van der Waals surface area contributed by atoms with Gasteiger partial charge in [-0.3, -0.25) is 4.90 Å². The van der Waals surface area contributed by atoms with Crippen LogP contribution in [-0.2, 0) is 19.6 Å². The van der Waals surface area contributed by atoms with Crippen LogP contribution in [0.25, 0.3) is 5.69 Å². The molecule has 3 aromatic rings. The Kier molecular flexibility index (Phi) is 3.49. The number of halogens is 1. The molecule has 0 unspecified atom stereocenters. The normalized spacial score (nSPS) is 14.2. The summed E-state index contributed by atoms with van der Waals surface area (Å²) in [5, 5.41) is 0.843. The SMILES string of the molecule is Clc1ccccc1CN1Cc2ccccc2-n2cccc2C1. The zero-order chi connectivity index (χ0) is 14.9. The van der Waals surface area contributed by atoms with Gasteiger partial charge in [-0.1, -0.05) is 48.0 Å². The van der Waals surface area contributed by atoms with E-state index in [0.29, 0.717) is 0 Å². The fourth-order valence-corrected chi connectivity index (χ4v) is 3.36. The quantitative estimate of drug-likeness (QED) is 0.669. The third kappa shape index (κ3) is 2.45. The van der Waals surface area contributed by atoms with Crippen molar-refractivity contribution in [3.63, 3.8) is 0 Å². The van der Waals surface area contributed by atoms with E-state index in [1.54, 1.807) is 0 Å². The largest absolute Gasteiger partial charge is 0.319 e. The molecule has 4 rings (SSSR count). The lowest BCUT2D eigenvalue weighted by Gasteiger charge is -2.21. The summed E-state index contributed by atoms with van der Waals surface area (Å²) in [5.74, 6) is 0. The highest BCUT2D eigenvalue weighted by Crippen LogP contribution is 2.27. The van der Waals surface area contributed by atoms with Crippen molar-refractivity contribution in [2.75, 3.05) is 0 Å². The summed E-state index contributed by atoms with van der Waals surface area (Å²) < 4.78 is 2.29. The van der Waals surface area contributed by atoms with Crippen molar-refractivity contribution in [2.45, 2.75) is 19.6 Å². The molecule has 22 heavy (non-hydrogen) atoms. The second-order valence-electron chi connectivity index (χ2n) is 5.73. The monoisotopic (exact) mass is 308 g/mol. The molecule has 0 saturated carbocycles. The number of aromatic nitrogens is 1. The smallest absolute Gasteiger partial charge is 0.0497 e. The lowest BCUT2D eigenvalue weighted by Crippen LogP contribution is -2.21. The average molecular weight is 309 g/mol. The highest BCUT2D eigenvalue weighted by molar-refractivity contribution is 6.31. The van der Waals surface area contributed by atoms with Crippen LogP contribution in [0.3, 0.4) is 0 Å². The van der Waals surface area contributed by atoms with Gasteiger partial charge in [0.1, 0.15) is 0 Å². The van der Waals surface area contributed by atoms with E-state index in [0.717, 1.165) is 24.7 Å². The Hall–Kier alpha value is -2.03. The van der Waals surface area contributed by atoms with Crippen molar-refractivity contribution in [1.29, 1.82) is 0 Å². The van der Waals surface area contributed by atoms with E-state index in [-0.39, 0.29) is 0 Å². The number of rotatable bonds is 2. The van der Waals surface area contributed by atoms with E-state index < -0.39 is 0 Å². The molecule has 1 aliphatic heterocycles. The van der Waals surface area contributed by atoms with Gasteiger partial charge in [-0.2, -0.15) is 0 Å². The van der Waals surface area contributed by atoms with Gasteiger partial charge in [0, 0.05) is 42.2 Å². The number of hydrogen-bond acceptors (Lipinski definition) is 1. The van der Waals surface area contributed by atoms with Gasteiger partial charge in [-0.05, 0) is 35.4 Å². The van der Waals surface area contributed by atoms with E-state index in [9.17, 15) is 0 Å². The number of hydrogen-bond donors (Lipinski definition) is 0. The Morgan fingerprint density at radius 3 is 2.59 bits per heavy atom. The first-order valence-electron chi connectivity index (χ1n) is 7.51. The Balaban J connectivity index is 1.71. The summed E-state index contributed by atoms with van der Waals surface area (Å²) in [5.41, 5.74) is 5.13. The van der Waals surface area contributed by atoms with Gasteiger partial charge < -0.3 is 4.57 Å². The van der Waals surface area contributed by atoms with Crippen LogP contribution < -0.4 is 0 Å². The second-order valence-corrected chi connectivity index (χ2v) is 6.14. The molecule has 2 heterocycles. The molecule has 3 heteroatoms. The van der Waals surface area contributed by atoms with Gasteiger partial charge in [0.2, 0.25) is 0 Å². The van der Waals surface area contributed by atoms with Gasteiger partial charge >= 0.3 is 0 Å². The molecule has 0 atom stereocenters. The van der Waals surface area contributed by atoms with Crippen LogP contribution in [0.15, 0.2) is 66.9 Å². The van der Waals surface area contributed by atoms with E-state index in [1.807, 2.05) is 12.1 Å². The molecule has 0 radical (unpaired) electrons. The van der Waals surface area contributed by atoms with Gasteiger partial charge in [0.15, 0.2) is 0 Å². The minimum atomic E-state index is 0.843. The summed E-state index contributed by atoms with van der Waals surface area (Å²) in [4.78, 5) is 2.44. The highest BCUT2D eigenvalue weighted by atomic mass is 35.5. The summed E-state index contributed by atoms with van der Waals surface area (Å²) in [6, 6.07) is 21.0. The van der Waals surface area contributed by atoms with Gasteiger partial charge in [0.25, 0.3) is 0 Å². The highest BCUT2D eigenvalue weighted by Gasteiger charge is 2.18. The Morgan fingerprint density at radius 2 is 1.68 bits per heavy atom. The minimum absolute atomic E-state index is 0.843. The predicted octanol–water partition coefficient (Wildman–Crippen LogP) is 4.65. The van der Waals surface area contributed by atoms with Crippen molar-refractivity contribution in [1.82, 2.24) is 9.47 Å². The molecule has 0 fully saturated rings. The van der Waals surface area contributed by atoms with E-state index in [1.165, 1.54) is 22.5 Å². The van der Waals surface area contributed by atoms with Gasteiger partial charge in [0.05, 0.1) is 0 Å². The van der Waals surface area contributed by atoms with E-state index >= 15 is 0 Å². The first-order chi connectivity index (χ1) is 10.8. The molecule has 1 aliphatic rings. The van der Waals surface area contributed by atoms with Crippen molar-refractivity contribution < 1.29 is 0 Å². The molecule has 0 saturated heterocycles. The summed E-state index contributed by atoms with van der Waals surface area (Å²) in [6.45, 7) is 2.72. The third-order valence-electron chi connectivity index (χ3n) is 4.22. The van der Waals surface area contributed by atoms with E-state index in [4.69, 9.17) is 11.6 Å². The molecule has 1 aromatic heterocycles. The van der Waals surface area contributed by atoms with Crippen LogP contribution in [-0.4, -0.2) is 9.47 Å². The Bertz CT molecular complexity index is 806. The topological polar surface area (TPSA) is 8.17 Å². The number of nitrogens with zero attached hydrogens (tertiary/aromatic N) is 2. The van der Waals surface area contributed by atoms with Crippen LogP contribution in [0.2, 0.25) is 5.02 Å². The molecule has 0 spiro atoms. The van der Waals surface area contributed by atoms with E-state index in [2.05, 4.69) is 64.2 Å². The summed E-state index contributed by atoms with van der Waals surface area (Å²) >= 11 is 6.33. The van der Waals surface area contributed by atoms with Crippen LogP contribution in [0.4, 0.5) is 0 Å². The Morgan fingerprint density at radius 1 is 0.864 bits per heavy atom. The number of benzene rings is 2. The molecule has 2 aromatic carbocycles. The van der Waals surface area contributed by atoms with Crippen molar-refractivity contribution in [3.8, 4) is 5.69 Å². The van der Waals surface area contributed by atoms with Gasteiger partial charge in [-0.15, -0.1) is 0 Å². The maximum Gasteiger partial charge on any atom is 0.0497 e. The molecule has 0 N–H and O–H groups in total. The molecule has 110 valence electrons. The van der Waals surface area contributed by atoms with Crippen LogP contribution in [0.1, 0.15) is 16.8 Å². The molecule has 0 aliphatic carbocycles. The minimum Gasteiger partial charge on any atom is -0.319 e. The second kappa shape index (κ2) is 5.64. The molecule has 0 bridgehead atoms. The molecular formula is C19H17ClN2. The third-order valence-corrected chi connectivity index (χ3v) is 4.58. The van der Waals surface area contributed by atoms with Crippen molar-refractivity contribution in [3.05, 3.63) is 88.7 Å². The summed E-state index contributed by atoms with van der Waals surface area (Å²) in [6.07, 6.45) is 2.15. The first kappa shape index (κ1) is 13.6. The summed E-state index contributed by atoms with van der Waals surface area (Å²) in [7, 11) is 0. The molecular weight excluding hydrogens is 292 g/mol. The lowest BCUT2D eigenvalue weighted by atomic mass is 10.1. The maximum absolute atomic E-state index is 6.33. The van der Waals surface area contributed by atoms with Crippen molar-refractivity contribution >= 4 is 11.6 Å². The number of fused-ring (bicyclic) bond motifs is 3. The molecule has 0 amide bonds. The maximum atomic E-state index is 6.33. The fourth-order valence-electron chi connectivity index (χ4n) is 3.16. The lowest BCUT2D eigenvalue weighted by molar-refractivity contribution is 0.248. The zero-order valence-electron chi connectivity index (χ0n) is 12.2. The van der Waals surface area contributed by atoms with Crippen LogP contribution in [0.5, 0.6) is 0 Å². The van der Waals surface area contributed by atoms with Gasteiger partial charge in [-0.25, -0.2) is 0 Å². The first-order valence-corrected chi connectivity index (χ1v) is 7.89. The van der Waals surface area contributed by atoms with Crippen LogP contribution >= 0.6 is 11.6 Å². The average Bonchev–Trinajstić information content (AvgIpc) is 2.92. The standard InChI is InChI=1S/C19H17ClN2/c20-18-9-3-1-6-15(18)12-21-13-16-7-2-4-10-19(16)22-11-5-8-17(22)14-21/h1-11H,12-14H2. The molecule has 2 nitrogen and oxygen atoms in total. The number of para-hydroxylation sites is 1.